The fraction of sp³-hybridized carbons (Fsp3) is 0.647. The van der Waals surface area contributed by atoms with Crippen molar-refractivity contribution in [1.82, 2.24) is 5.32 Å². The van der Waals surface area contributed by atoms with Gasteiger partial charge in [0.1, 0.15) is 0 Å². The van der Waals surface area contributed by atoms with Crippen molar-refractivity contribution in [3.05, 3.63) is 34.4 Å². The molecule has 1 rings (SSSR count). The first-order chi connectivity index (χ1) is 8.24. The van der Waals surface area contributed by atoms with Gasteiger partial charge in [0.05, 0.1) is 0 Å². The van der Waals surface area contributed by atoms with E-state index >= 15 is 0 Å². The lowest BCUT2D eigenvalue weighted by molar-refractivity contribution is 0.313. The lowest BCUT2D eigenvalue weighted by atomic mass is 9.82. The molecule has 18 heavy (non-hydrogen) atoms. The summed E-state index contributed by atoms with van der Waals surface area (Å²) in [7, 11) is 0. The van der Waals surface area contributed by atoms with Crippen molar-refractivity contribution in [2.45, 2.75) is 60.9 Å². The van der Waals surface area contributed by atoms with Crippen LogP contribution in [0.3, 0.4) is 0 Å². The molecule has 1 N–H and O–H groups in total. The van der Waals surface area contributed by atoms with E-state index in [9.17, 15) is 0 Å². The first kappa shape index (κ1) is 15.2. The van der Waals surface area contributed by atoms with E-state index in [-0.39, 0.29) is 0 Å². The molecule has 0 saturated carbocycles. The largest absolute Gasteiger partial charge is 0.310 e. The molecule has 0 aliphatic carbocycles. The predicted octanol–water partition coefficient (Wildman–Crippen LogP) is 4.70. The van der Waals surface area contributed by atoms with Crippen LogP contribution >= 0.6 is 0 Å². The molecule has 1 heteroatoms. The van der Waals surface area contributed by atoms with Crippen molar-refractivity contribution in [2.24, 2.45) is 5.41 Å². The molecule has 1 aromatic carbocycles. The van der Waals surface area contributed by atoms with Crippen molar-refractivity contribution in [3.63, 3.8) is 0 Å². The summed E-state index contributed by atoms with van der Waals surface area (Å²) in [5.74, 6) is 0. The highest BCUT2D eigenvalue weighted by atomic mass is 14.9. The molecule has 1 nitrogen and oxygen atoms in total. The molecular formula is C17H29N. The average molecular weight is 247 g/mol. The van der Waals surface area contributed by atoms with Gasteiger partial charge in [-0.3, -0.25) is 0 Å². The van der Waals surface area contributed by atoms with E-state index in [2.05, 4.69) is 65.9 Å². The van der Waals surface area contributed by atoms with Crippen LogP contribution in [-0.2, 0) is 0 Å². The second kappa shape index (κ2) is 5.88. The van der Waals surface area contributed by atoms with Crippen molar-refractivity contribution >= 4 is 0 Å². The lowest BCUT2D eigenvalue weighted by Crippen LogP contribution is -2.27. The minimum absolute atomic E-state index is 0.344. The molecule has 0 aromatic heterocycles. The third kappa shape index (κ3) is 4.13. The van der Waals surface area contributed by atoms with Gasteiger partial charge in [0.15, 0.2) is 0 Å². The molecule has 0 fully saturated rings. The van der Waals surface area contributed by atoms with Gasteiger partial charge in [-0.2, -0.15) is 0 Å². The fourth-order valence-corrected chi connectivity index (χ4v) is 2.88. The van der Waals surface area contributed by atoms with Gasteiger partial charge in [0.2, 0.25) is 0 Å². The van der Waals surface area contributed by atoms with Crippen LogP contribution in [0.1, 0.15) is 62.4 Å². The number of benzene rings is 1. The molecule has 0 spiro atoms. The highest BCUT2D eigenvalue weighted by Gasteiger charge is 2.22. The Morgan fingerprint density at radius 2 is 1.56 bits per heavy atom. The third-order valence-corrected chi connectivity index (χ3v) is 3.35. The maximum atomic E-state index is 3.66. The van der Waals surface area contributed by atoms with Gasteiger partial charge in [-0.25, -0.2) is 0 Å². The second-order valence-electron chi connectivity index (χ2n) is 6.69. The Morgan fingerprint density at radius 3 is 1.94 bits per heavy atom. The number of hydrogen-bond acceptors (Lipinski definition) is 1. The third-order valence-electron chi connectivity index (χ3n) is 3.35. The standard InChI is InChI=1S/C17H29N/c1-8-18-15(11-17(5,6)7)16-13(3)9-12(2)10-14(16)4/h9-10,15,18H,8,11H2,1-7H3. The summed E-state index contributed by atoms with van der Waals surface area (Å²) in [6.07, 6.45) is 1.17. The molecule has 0 radical (unpaired) electrons. The Bertz CT molecular complexity index is 376. The van der Waals surface area contributed by atoms with E-state index < -0.39 is 0 Å². The number of rotatable bonds is 4. The van der Waals surface area contributed by atoms with Crippen LogP contribution in [0.15, 0.2) is 12.1 Å². The molecule has 0 amide bonds. The van der Waals surface area contributed by atoms with E-state index in [1.807, 2.05) is 0 Å². The smallest absolute Gasteiger partial charge is 0.0330 e. The van der Waals surface area contributed by atoms with E-state index in [1.54, 1.807) is 0 Å². The minimum Gasteiger partial charge on any atom is -0.310 e. The summed E-state index contributed by atoms with van der Waals surface area (Å²) in [6.45, 7) is 16.8. The zero-order chi connectivity index (χ0) is 13.9. The summed E-state index contributed by atoms with van der Waals surface area (Å²) in [6, 6.07) is 5.07. The number of nitrogens with one attached hydrogen (secondary N) is 1. The summed E-state index contributed by atoms with van der Waals surface area (Å²) in [4.78, 5) is 0. The zero-order valence-electron chi connectivity index (χ0n) is 13.1. The maximum Gasteiger partial charge on any atom is 0.0330 e. The van der Waals surface area contributed by atoms with Crippen LogP contribution in [0, 0.1) is 26.2 Å². The summed E-state index contributed by atoms with van der Waals surface area (Å²) in [5, 5.41) is 3.66. The van der Waals surface area contributed by atoms with Crippen LogP contribution in [0.4, 0.5) is 0 Å². The maximum absolute atomic E-state index is 3.66. The quantitative estimate of drug-likeness (QED) is 0.813. The zero-order valence-corrected chi connectivity index (χ0v) is 13.1. The second-order valence-corrected chi connectivity index (χ2v) is 6.69. The fourth-order valence-electron chi connectivity index (χ4n) is 2.88. The first-order valence-electron chi connectivity index (χ1n) is 7.05. The van der Waals surface area contributed by atoms with Crippen LogP contribution in [0.5, 0.6) is 0 Å². The Labute approximate surface area is 113 Å². The summed E-state index contributed by atoms with van der Waals surface area (Å²) in [5.41, 5.74) is 6.04. The van der Waals surface area contributed by atoms with Crippen LogP contribution < -0.4 is 5.32 Å². The van der Waals surface area contributed by atoms with E-state index in [4.69, 9.17) is 0 Å². The van der Waals surface area contributed by atoms with Crippen LogP contribution in [0.2, 0.25) is 0 Å². The van der Waals surface area contributed by atoms with Crippen LogP contribution in [-0.4, -0.2) is 6.54 Å². The minimum atomic E-state index is 0.344. The Kier molecular flexibility index (Phi) is 4.98. The van der Waals surface area contributed by atoms with Gasteiger partial charge in [0, 0.05) is 6.04 Å². The van der Waals surface area contributed by atoms with E-state index in [0.29, 0.717) is 11.5 Å². The van der Waals surface area contributed by atoms with E-state index in [1.165, 1.54) is 28.7 Å². The molecule has 1 unspecified atom stereocenters. The highest BCUT2D eigenvalue weighted by molar-refractivity contribution is 5.39. The van der Waals surface area contributed by atoms with Gasteiger partial charge in [0.25, 0.3) is 0 Å². The molecule has 1 aromatic rings. The number of hydrogen-bond donors (Lipinski definition) is 1. The normalized spacial score (nSPS) is 13.7. The van der Waals surface area contributed by atoms with E-state index in [0.717, 1.165) is 6.54 Å². The highest BCUT2D eigenvalue weighted by Crippen LogP contribution is 2.33. The molecular weight excluding hydrogens is 218 g/mol. The molecule has 1 atom stereocenters. The first-order valence-corrected chi connectivity index (χ1v) is 7.05. The van der Waals surface area contributed by atoms with Crippen molar-refractivity contribution in [3.8, 4) is 0 Å². The van der Waals surface area contributed by atoms with Crippen LogP contribution in [0.25, 0.3) is 0 Å². The molecule has 0 saturated heterocycles. The Hall–Kier alpha value is -0.820. The molecule has 0 aliphatic rings. The van der Waals surface area contributed by atoms with Gasteiger partial charge in [-0.15, -0.1) is 0 Å². The monoisotopic (exact) mass is 247 g/mol. The molecule has 0 aliphatic heterocycles. The summed E-state index contributed by atoms with van der Waals surface area (Å²) < 4.78 is 0. The molecule has 0 bridgehead atoms. The predicted molar refractivity (Wildman–Crippen MR) is 81.1 cm³/mol. The lowest BCUT2D eigenvalue weighted by Gasteiger charge is -2.29. The Balaban J connectivity index is 3.13. The average Bonchev–Trinajstić information content (AvgIpc) is 2.13. The summed E-state index contributed by atoms with van der Waals surface area (Å²) >= 11 is 0. The Morgan fingerprint density at radius 1 is 1.06 bits per heavy atom. The van der Waals surface area contributed by atoms with Crippen molar-refractivity contribution in [2.75, 3.05) is 6.54 Å². The number of aryl methyl sites for hydroxylation is 3. The SMILES string of the molecule is CCNC(CC(C)(C)C)c1c(C)cc(C)cc1C. The molecule has 0 heterocycles. The van der Waals surface area contributed by atoms with Gasteiger partial charge in [-0.05, 0) is 55.8 Å². The van der Waals surface area contributed by atoms with Gasteiger partial charge >= 0.3 is 0 Å². The van der Waals surface area contributed by atoms with Crippen molar-refractivity contribution in [1.29, 1.82) is 0 Å². The van der Waals surface area contributed by atoms with Crippen molar-refractivity contribution < 1.29 is 0 Å². The topological polar surface area (TPSA) is 12.0 Å². The van der Waals surface area contributed by atoms with Gasteiger partial charge < -0.3 is 5.32 Å². The van der Waals surface area contributed by atoms with Gasteiger partial charge in [-0.1, -0.05) is 45.4 Å². The molecule has 102 valence electrons.